The minimum absolute atomic E-state index is 0. The largest absolute Gasteiger partial charge is 0.748 e. The predicted molar refractivity (Wildman–Crippen MR) is 226 cm³/mol. The van der Waals surface area contributed by atoms with E-state index in [1.165, 1.54) is 42.3 Å². The van der Waals surface area contributed by atoms with Crippen LogP contribution in [-0.2, 0) is 25.0 Å². The second-order valence-corrected chi connectivity index (χ2v) is 18.4. The Bertz CT molecular complexity index is 2050. The monoisotopic (exact) mass is 834 g/mol. The number of nitrogens with one attached hydrogen (secondary N) is 3. The molecule has 0 aliphatic carbocycles. The number of rotatable bonds is 7. The molecule has 17 heteroatoms. The summed E-state index contributed by atoms with van der Waals surface area (Å²) in [6, 6.07) is 25.7. The molecule has 2 heterocycles. The lowest BCUT2D eigenvalue weighted by Crippen LogP contribution is -3.00. The Balaban J connectivity index is 0.000000300. The van der Waals surface area contributed by atoms with Gasteiger partial charge in [-0.3, -0.25) is 9.69 Å². The first-order valence-electron chi connectivity index (χ1n) is 16.5. The molecule has 13 nitrogen and oxygen atoms in total. The average molecular weight is 835 g/mol. The average Bonchev–Trinajstić information content (AvgIpc) is 3.07. The molecule has 0 radical (unpaired) electrons. The maximum atomic E-state index is 12.3. The Morgan fingerprint density at radius 2 is 1.00 bits per heavy atom. The van der Waals surface area contributed by atoms with E-state index in [9.17, 15) is 30.7 Å². The molecular weight excluding hydrogens is 781 g/mol. The smallest absolute Gasteiger partial charge is 0.228 e. The second-order valence-electron chi connectivity index (χ2n) is 13.2. The summed E-state index contributed by atoms with van der Waals surface area (Å²) in [6.45, 7) is 1.61. The van der Waals surface area contributed by atoms with Gasteiger partial charge >= 0.3 is 0 Å². The molecule has 1 amide bonds. The van der Waals surface area contributed by atoms with Crippen molar-refractivity contribution in [3.8, 4) is 0 Å². The van der Waals surface area contributed by atoms with Crippen LogP contribution < -0.4 is 29.8 Å². The van der Waals surface area contributed by atoms with Gasteiger partial charge in [0.05, 0.1) is 82.7 Å². The predicted octanol–water partition coefficient (Wildman–Crippen LogP) is 4.76. The summed E-state index contributed by atoms with van der Waals surface area (Å²) < 4.78 is 58.3. The molecule has 0 unspecified atom stereocenters. The number of carbonyl (C=O) groups is 1. The summed E-state index contributed by atoms with van der Waals surface area (Å²) in [5, 5.41) is 3.53. The van der Waals surface area contributed by atoms with Gasteiger partial charge in [-0.1, -0.05) is 38.4 Å². The lowest BCUT2D eigenvalue weighted by molar-refractivity contribution is -0.786. The Kier molecular flexibility index (Phi) is 16.7. The van der Waals surface area contributed by atoms with Gasteiger partial charge in [-0.25, -0.2) is 16.8 Å². The number of hydrogen-bond acceptors (Lipinski definition) is 12. The molecule has 0 atom stereocenters. The molecule has 6 rings (SSSR count). The molecule has 55 heavy (non-hydrogen) atoms. The van der Waals surface area contributed by atoms with Gasteiger partial charge in [0.2, 0.25) is 5.91 Å². The topological polar surface area (TPSA) is 162 Å². The normalized spacial score (nSPS) is 12.4. The van der Waals surface area contributed by atoms with Crippen molar-refractivity contribution in [3.05, 3.63) is 72.8 Å². The Labute approximate surface area is 336 Å². The number of amides is 1. The third-order valence-corrected chi connectivity index (χ3v) is 12.0. The van der Waals surface area contributed by atoms with Crippen molar-refractivity contribution in [2.45, 2.75) is 41.4 Å². The van der Waals surface area contributed by atoms with Crippen molar-refractivity contribution in [3.63, 3.8) is 0 Å². The minimum Gasteiger partial charge on any atom is -0.748 e. The van der Waals surface area contributed by atoms with Crippen molar-refractivity contribution in [2.75, 3.05) is 87.9 Å². The Morgan fingerprint density at radius 1 is 0.636 bits per heavy atom. The van der Waals surface area contributed by atoms with Crippen LogP contribution in [0.1, 0.15) is 21.8 Å². The molecule has 0 spiro atoms. The first kappa shape index (κ1) is 47.3. The van der Waals surface area contributed by atoms with Crippen molar-refractivity contribution < 1.29 is 40.5 Å². The van der Waals surface area contributed by atoms with Crippen molar-refractivity contribution in [1.82, 2.24) is 0 Å². The number of hydrogen-bond donors (Lipinski definition) is 3. The Morgan fingerprint density at radius 3 is 1.31 bits per heavy atom. The quantitative estimate of drug-likeness (QED) is 0.193. The van der Waals surface area contributed by atoms with Crippen molar-refractivity contribution in [2.24, 2.45) is 0 Å². The van der Waals surface area contributed by atoms with E-state index in [-0.39, 0.29) is 20.8 Å². The maximum absolute atomic E-state index is 12.3. The SMILES string of the molecule is C.C.CC(=O)N1c2ccc(N(C)C)cc2Sc2cc(N(C)C)ccc21.C[NH+](C)c1ccc2c(c1)Sc1cc([NH+](C)C)ccc1N2.O=S(=O)([O-])CCS(=O)(=O)[O-]. The molecule has 0 saturated heterocycles. The number of carbonyl (C=O) groups excluding carboxylic acids is 1. The maximum Gasteiger partial charge on any atom is 0.228 e. The van der Waals surface area contributed by atoms with E-state index in [0.717, 1.165) is 32.5 Å². The van der Waals surface area contributed by atoms with Gasteiger partial charge in [0.15, 0.2) is 0 Å². The highest BCUT2D eigenvalue weighted by Gasteiger charge is 2.27. The van der Waals surface area contributed by atoms with Gasteiger partial charge in [0.25, 0.3) is 0 Å². The molecule has 0 fully saturated rings. The van der Waals surface area contributed by atoms with Gasteiger partial charge in [0, 0.05) is 90.3 Å². The van der Waals surface area contributed by atoms with Crippen LogP contribution in [0, 0.1) is 0 Å². The van der Waals surface area contributed by atoms with Gasteiger partial charge in [-0.05, 0) is 48.5 Å². The van der Waals surface area contributed by atoms with E-state index >= 15 is 0 Å². The number of fused-ring (bicyclic) bond motifs is 4. The highest BCUT2D eigenvalue weighted by molar-refractivity contribution is 8.00. The molecule has 4 aromatic rings. The zero-order chi connectivity index (χ0) is 39.4. The molecule has 302 valence electrons. The molecule has 0 saturated carbocycles. The highest BCUT2D eigenvalue weighted by atomic mass is 32.2. The van der Waals surface area contributed by atoms with Crippen LogP contribution >= 0.6 is 23.5 Å². The van der Waals surface area contributed by atoms with Crippen LogP contribution in [0.3, 0.4) is 0 Å². The van der Waals surface area contributed by atoms with Gasteiger partial charge in [0.1, 0.15) is 11.4 Å². The first-order chi connectivity index (χ1) is 24.6. The molecule has 2 aliphatic rings. The van der Waals surface area contributed by atoms with Crippen molar-refractivity contribution >= 4 is 95.2 Å². The summed E-state index contributed by atoms with van der Waals surface area (Å²) in [5.74, 6) is -2.28. The summed E-state index contributed by atoms with van der Waals surface area (Å²) in [4.78, 5) is 25.7. The summed E-state index contributed by atoms with van der Waals surface area (Å²) >= 11 is 3.58. The number of nitrogens with zero attached hydrogens (tertiary/aromatic N) is 3. The fraction of sp³-hybridized carbons (Fsp3) is 0.342. The van der Waals surface area contributed by atoms with Crippen LogP contribution in [0.25, 0.3) is 0 Å². The fourth-order valence-corrected chi connectivity index (χ4v) is 9.02. The van der Waals surface area contributed by atoms with Crippen LogP contribution in [0.4, 0.5) is 45.5 Å². The number of quaternary nitrogens is 2. The van der Waals surface area contributed by atoms with E-state index in [1.807, 2.05) is 52.1 Å². The highest BCUT2D eigenvalue weighted by Crippen LogP contribution is 2.50. The summed E-state index contributed by atoms with van der Waals surface area (Å²) in [5.41, 5.74) is 9.22. The molecular formula is C38H54N6O7S4. The lowest BCUT2D eigenvalue weighted by Gasteiger charge is -2.32. The molecule has 4 aromatic carbocycles. The third kappa shape index (κ3) is 12.9. The standard InChI is InChI=1S/C18H21N3OS.C16H19N3S.C2H6O6S2.2CH4/c1-12(22)21-15-8-6-13(19(2)3)10-17(15)23-18-11-14(20(4)5)7-9-16(18)21;1-18(2)11-5-7-13-15(9-11)20-16-10-12(19(3)4)6-8-14(16)17-13;3-9(4,5)1-2-10(6,7)8;;/h6-11H,1-5H3;5-10,17H,1-4H3;1-2H2,(H,3,4,5)(H,6,7,8);2*1H4. The van der Waals surface area contributed by atoms with Crippen LogP contribution in [0.2, 0.25) is 0 Å². The molecule has 2 aliphatic heterocycles. The van der Waals surface area contributed by atoms with E-state index in [1.54, 1.807) is 23.6 Å². The molecule has 0 aromatic heterocycles. The van der Waals surface area contributed by atoms with E-state index in [2.05, 4.69) is 104 Å². The third-order valence-electron chi connectivity index (χ3n) is 8.13. The van der Waals surface area contributed by atoms with E-state index in [0.29, 0.717) is 0 Å². The van der Waals surface area contributed by atoms with Crippen LogP contribution in [-0.4, -0.2) is 99.7 Å². The lowest BCUT2D eigenvalue weighted by atomic mass is 10.2. The van der Waals surface area contributed by atoms with E-state index < -0.39 is 31.7 Å². The van der Waals surface area contributed by atoms with Crippen LogP contribution in [0.15, 0.2) is 92.4 Å². The Hall–Kier alpha value is -3.81. The molecule has 0 bridgehead atoms. The van der Waals surface area contributed by atoms with Gasteiger partial charge in [-0.15, -0.1) is 0 Å². The number of benzene rings is 4. The van der Waals surface area contributed by atoms with E-state index in [4.69, 9.17) is 0 Å². The minimum atomic E-state index is -4.59. The number of anilines is 6. The van der Waals surface area contributed by atoms with Gasteiger partial charge in [-0.2, -0.15) is 0 Å². The summed E-state index contributed by atoms with van der Waals surface area (Å²) in [7, 11) is 7.55. The molecule has 3 N–H and O–H groups in total. The second kappa shape index (κ2) is 19.4. The van der Waals surface area contributed by atoms with Crippen molar-refractivity contribution in [1.29, 1.82) is 0 Å². The summed E-state index contributed by atoms with van der Waals surface area (Å²) in [6.07, 6.45) is 0. The fourth-order valence-electron chi connectivity index (χ4n) is 5.19. The zero-order valence-corrected chi connectivity index (χ0v) is 34.4. The first-order valence-corrected chi connectivity index (χ1v) is 21.2. The van der Waals surface area contributed by atoms with Crippen LogP contribution in [0.5, 0.6) is 0 Å². The van der Waals surface area contributed by atoms with Gasteiger partial charge < -0.3 is 34.0 Å². The zero-order valence-electron chi connectivity index (χ0n) is 31.2.